The van der Waals surface area contributed by atoms with Crippen LogP contribution in [0, 0.1) is 11.2 Å². The molecule has 1 aromatic carbocycles. The molecule has 1 unspecified atom stereocenters. The Morgan fingerprint density at radius 1 is 1.23 bits per heavy atom. The molecule has 0 aromatic heterocycles. The molecule has 0 aliphatic carbocycles. The molecule has 1 aromatic rings. The van der Waals surface area contributed by atoms with Gasteiger partial charge in [-0.05, 0) is 30.0 Å². The van der Waals surface area contributed by atoms with Gasteiger partial charge >= 0.3 is 5.97 Å². The summed E-state index contributed by atoms with van der Waals surface area (Å²) < 4.78 is 13.6. The zero-order chi connectivity index (χ0) is 20.9. The van der Waals surface area contributed by atoms with E-state index in [1.807, 2.05) is 48.5 Å². The first-order valence-electron chi connectivity index (χ1n) is 8.75. The smallest absolute Gasteiger partial charge is 0.326 e. The van der Waals surface area contributed by atoms with Crippen LogP contribution in [0.15, 0.2) is 24.3 Å². The molecule has 0 aliphatic heterocycles. The molecular weight excluding hydrogens is 357 g/mol. The van der Waals surface area contributed by atoms with Gasteiger partial charge in [0.25, 0.3) is 0 Å². The maximum absolute atomic E-state index is 13.6. The van der Waals surface area contributed by atoms with Gasteiger partial charge in [0.15, 0.2) is 0 Å². The van der Waals surface area contributed by atoms with Crippen LogP contribution in [-0.4, -0.2) is 23.0 Å². The van der Waals surface area contributed by atoms with Crippen molar-refractivity contribution in [3.63, 3.8) is 0 Å². The molecule has 1 rings (SSSR count). The van der Waals surface area contributed by atoms with Gasteiger partial charge in [0, 0.05) is 16.7 Å². The first kappa shape index (κ1) is 26.4. The summed E-state index contributed by atoms with van der Waals surface area (Å²) >= 11 is 5.64. The molecule has 0 aliphatic rings. The molecule has 2 N–H and O–H groups in total. The highest BCUT2D eigenvalue weighted by Crippen LogP contribution is 2.21. The van der Waals surface area contributed by atoms with Crippen molar-refractivity contribution >= 4 is 29.6 Å². The van der Waals surface area contributed by atoms with Crippen LogP contribution in [0.5, 0.6) is 0 Å². The van der Waals surface area contributed by atoms with E-state index >= 15 is 0 Å². The van der Waals surface area contributed by atoms with E-state index < -0.39 is 23.7 Å². The Bertz CT molecular complexity index is 595. The van der Waals surface area contributed by atoms with Crippen molar-refractivity contribution in [2.75, 3.05) is 0 Å². The molecule has 26 heavy (non-hydrogen) atoms. The lowest BCUT2D eigenvalue weighted by Gasteiger charge is -2.23. The summed E-state index contributed by atoms with van der Waals surface area (Å²) in [5.74, 6) is -2.25. The maximum atomic E-state index is 13.6. The summed E-state index contributed by atoms with van der Waals surface area (Å²) in [6.45, 7) is 13.6. The molecule has 1 amide bonds. The van der Waals surface area contributed by atoms with Crippen molar-refractivity contribution in [3.8, 4) is 0 Å². The summed E-state index contributed by atoms with van der Waals surface area (Å²) in [4.78, 5) is 23.0. The van der Waals surface area contributed by atoms with Crippen molar-refractivity contribution in [1.29, 1.82) is 0 Å². The highest BCUT2D eigenvalue weighted by Gasteiger charge is 2.25. The van der Waals surface area contributed by atoms with E-state index in [0.717, 1.165) is 12.1 Å². The monoisotopic (exact) mass is 387 g/mol. The summed E-state index contributed by atoms with van der Waals surface area (Å²) in [6.07, 6.45) is 2.67. The Hall–Kier alpha value is -1.88. The van der Waals surface area contributed by atoms with Crippen LogP contribution in [-0.2, 0) is 9.59 Å². The van der Waals surface area contributed by atoms with E-state index in [1.54, 1.807) is 0 Å². The lowest BCUT2D eigenvalue weighted by Crippen LogP contribution is -2.42. The fourth-order valence-electron chi connectivity index (χ4n) is 1.83. The van der Waals surface area contributed by atoms with E-state index in [-0.39, 0.29) is 22.4 Å². The first-order valence-corrected chi connectivity index (χ1v) is 9.13. The Balaban J connectivity index is 0. The van der Waals surface area contributed by atoms with E-state index in [4.69, 9.17) is 16.7 Å². The second-order valence-electron chi connectivity index (χ2n) is 6.16. The number of benzene rings is 1. The Kier molecular flexibility index (Phi) is 13.5. The molecule has 0 saturated heterocycles. The molecule has 4 nitrogen and oxygen atoms in total. The molecule has 0 saturated carbocycles. The number of carbonyl (C=O) groups is 2. The Morgan fingerprint density at radius 2 is 1.77 bits per heavy atom. The lowest BCUT2D eigenvalue weighted by molar-refractivity contribution is -0.142. The number of halogens is 2. The Morgan fingerprint density at radius 3 is 2.19 bits per heavy atom. The fraction of sp³-hybridized carbons (Fsp3) is 0.500. The molecule has 0 fully saturated rings. The molecule has 0 radical (unpaired) electrons. The summed E-state index contributed by atoms with van der Waals surface area (Å²) in [7, 11) is 0. The van der Waals surface area contributed by atoms with Gasteiger partial charge in [0.2, 0.25) is 5.91 Å². The minimum atomic E-state index is -1.10. The minimum Gasteiger partial charge on any atom is -0.480 e. The number of nitrogens with one attached hydrogen (secondary N) is 1. The highest BCUT2D eigenvalue weighted by molar-refractivity contribution is 6.30. The lowest BCUT2D eigenvalue weighted by atomic mass is 9.88. The van der Waals surface area contributed by atoms with Crippen molar-refractivity contribution < 1.29 is 19.1 Å². The second-order valence-corrected chi connectivity index (χ2v) is 6.60. The van der Waals surface area contributed by atoms with Crippen LogP contribution in [0.25, 0.3) is 6.08 Å². The average Bonchev–Trinajstić information content (AvgIpc) is 2.56. The quantitative estimate of drug-likeness (QED) is 0.651. The van der Waals surface area contributed by atoms with Crippen molar-refractivity contribution in [3.05, 3.63) is 40.7 Å². The van der Waals surface area contributed by atoms with Gasteiger partial charge in [-0.25, -0.2) is 9.18 Å². The van der Waals surface area contributed by atoms with Crippen LogP contribution in [0.2, 0.25) is 5.02 Å². The number of hydrogen-bond acceptors (Lipinski definition) is 2. The number of aliphatic carboxylic acids is 1. The summed E-state index contributed by atoms with van der Waals surface area (Å²) in [5, 5.41) is 11.8. The van der Waals surface area contributed by atoms with Gasteiger partial charge in [0.05, 0.1) is 0 Å². The number of carbonyl (C=O) groups excluding carboxylic acids is 1. The van der Waals surface area contributed by atoms with E-state index in [9.17, 15) is 14.0 Å². The number of hydrogen-bond donors (Lipinski definition) is 2. The standard InChI is InChI=1S/C16H19ClFNO3.2C2H6/c1-16(2,3)9-13(15(21)22)19-14(20)7-5-10-4-6-11(17)8-12(10)18;2*1-2/h4-8,13H,9H2,1-3H3,(H,19,20)(H,21,22);2*1-2H3/b7-5+;;. The number of amides is 1. The molecule has 0 heterocycles. The van der Waals surface area contributed by atoms with Gasteiger partial charge < -0.3 is 10.4 Å². The normalized spacial score (nSPS) is 11.6. The van der Waals surface area contributed by atoms with Crippen LogP contribution >= 0.6 is 11.6 Å². The van der Waals surface area contributed by atoms with E-state index in [2.05, 4.69) is 5.32 Å². The third kappa shape index (κ3) is 11.6. The number of rotatable bonds is 5. The zero-order valence-corrected chi connectivity index (χ0v) is 17.4. The topological polar surface area (TPSA) is 66.4 Å². The van der Waals surface area contributed by atoms with Crippen LogP contribution in [0.3, 0.4) is 0 Å². The van der Waals surface area contributed by atoms with Crippen molar-refractivity contribution in [2.45, 2.75) is 60.9 Å². The summed E-state index contributed by atoms with van der Waals surface area (Å²) in [5.41, 5.74) is -0.0512. The SMILES string of the molecule is CC.CC.CC(C)(C)CC(NC(=O)/C=C/c1ccc(Cl)cc1F)C(=O)O. The van der Waals surface area contributed by atoms with Gasteiger partial charge in [-0.2, -0.15) is 0 Å². The fourth-order valence-corrected chi connectivity index (χ4v) is 1.99. The molecule has 0 spiro atoms. The average molecular weight is 388 g/mol. The molecule has 6 heteroatoms. The van der Waals surface area contributed by atoms with Gasteiger partial charge in [-0.3, -0.25) is 4.79 Å². The summed E-state index contributed by atoms with van der Waals surface area (Å²) in [6, 6.07) is 3.08. The molecule has 1 atom stereocenters. The molecule has 148 valence electrons. The van der Waals surface area contributed by atoms with Gasteiger partial charge in [-0.1, -0.05) is 66.1 Å². The molecular formula is C20H31ClFNO3. The van der Waals surface area contributed by atoms with Crippen LogP contribution in [0.4, 0.5) is 4.39 Å². The number of carboxylic acid groups (broad SMARTS) is 1. The van der Waals surface area contributed by atoms with Crippen LogP contribution in [0.1, 0.15) is 60.5 Å². The predicted molar refractivity (Wildman–Crippen MR) is 107 cm³/mol. The largest absolute Gasteiger partial charge is 0.480 e. The third-order valence-corrected chi connectivity index (χ3v) is 3.04. The predicted octanol–water partition coefficient (Wildman–Crippen LogP) is 5.55. The highest BCUT2D eigenvalue weighted by atomic mass is 35.5. The van der Waals surface area contributed by atoms with Gasteiger partial charge in [-0.15, -0.1) is 0 Å². The minimum absolute atomic E-state index is 0.197. The molecule has 0 bridgehead atoms. The van der Waals surface area contributed by atoms with E-state index in [0.29, 0.717) is 0 Å². The number of carboxylic acids is 1. The second kappa shape index (κ2) is 13.3. The first-order chi connectivity index (χ1) is 12.1. The third-order valence-electron chi connectivity index (χ3n) is 2.81. The van der Waals surface area contributed by atoms with Crippen molar-refractivity contribution in [2.24, 2.45) is 5.41 Å². The Labute approximate surface area is 161 Å². The van der Waals surface area contributed by atoms with Crippen molar-refractivity contribution in [1.82, 2.24) is 5.32 Å². The zero-order valence-electron chi connectivity index (χ0n) is 16.7. The van der Waals surface area contributed by atoms with Gasteiger partial charge in [0.1, 0.15) is 11.9 Å². The van der Waals surface area contributed by atoms with Crippen LogP contribution < -0.4 is 5.32 Å². The van der Waals surface area contributed by atoms with E-state index in [1.165, 1.54) is 18.2 Å². The maximum Gasteiger partial charge on any atom is 0.326 e.